The molecule has 4 rings (SSSR count). The Morgan fingerprint density at radius 3 is 1.99 bits per heavy atom. The minimum atomic E-state index is -5.08. The van der Waals surface area contributed by atoms with E-state index in [0.717, 1.165) is 40.4 Å². The number of amides is 9. The number of nitrogens with one attached hydrogen (secondary N) is 5. The smallest absolute Gasteiger partial charge is 0.480 e. The molecule has 0 bridgehead atoms. The fraction of sp³-hybridized carbons (Fsp3) is 0.559. The van der Waals surface area contributed by atoms with Crippen LogP contribution in [0.5, 0.6) is 0 Å². The van der Waals surface area contributed by atoms with Crippen molar-refractivity contribution in [1.29, 1.82) is 0 Å². The molecule has 33 heteroatoms. The lowest BCUT2D eigenvalue weighted by molar-refractivity contribution is -0.192. The molecule has 1 aliphatic heterocycles. The predicted octanol–water partition coefficient (Wildman–Crippen LogP) is 2.76. The summed E-state index contributed by atoms with van der Waals surface area (Å²) in [5, 5.41) is 53.3. The number of imide groups is 1. The Bertz CT molecular complexity index is 3030. The number of rotatable bonds is 36. The SMILES string of the molecule is CC(C)[C@H](NC(=O)CCCCCN1C(=O)CC(SC[C@H](N)C(=O)O)C1=O)C(=O)N[C@@H](CCCNC(N)=O)C(=O)N[C@@H](CCCCNC(=O)[C@@H](N)CCN(C(=O)CO)[C@@H](c1nn(-c2cc(F)ccc2F)cc1Cc1ccccc1)C(C)(C)C)C(=O)O.O=C(O)C(F)(F)F. The molecule has 92 heavy (non-hydrogen) atoms. The van der Waals surface area contributed by atoms with E-state index in [-0.39, 0.29) is 94.9 Å². The zero-order chi connectivity index (χ0) is 69.2. The van der Waals surface area contributed by atoms with Crippen molar-refractivity contribution in [2.75, 3.05) is 38.5 Å². The number of nitrogens with zero attached hydrogens (tertiary/aromatic N) is 4. The van der Waals surface area contributed by atoms with Gasteiger partial charge in [-0.3, -0.25) is 43.3 Å². The van der Waals surface area contributed by atoms with Gasteiger partial charge >= 0.3 is 30.1 Å². The van der Waals surface area contributed by atoms with E-state index in [1.807, 2.05) is 51.1 Å². The first kappa shape index (κ1) is 77.9. The van der Waals surface area contributed by atoms with Crippen LogP contribution in [-0.2, 0) is 54.4 Å². The van der Waals surface area contributed by atoms with Gasteiger partial charge in [0.25, 0.3) is 0 Å². The standard InChI is InChI=1S/C57H82F2N12O13S.C2HF3O2/c1-33(2)47(67-44(73)19-10-7-13-25-70-45(74)29-43(53(70)79)85-32-39(61)54(80)81)52(78)65-40(18-14-24-64-56(62)84)51(77)66-41(55(82)83)17-11-12-23-63-50(76)38(60)22-26-69(46(75)31-72)49(57(3,4)5)48-35(27-34-15-8-6-9-16-34)30-71(68-48)42-28-36(58)20-21-37(42)59;3-2(4,5)1(6)7/h6,8-9,15-16,20-21,28,30,33,38-41,43,47,49,72H,7,10-14,17-19,22-27,29,31-32,60-61H2,1-5H3,(H,63,76)(H,65,78)(H,66,77)(H,67,73)(H,80,81)(H,82,83)(H3,62,64,84);(H,6,7)/t38-,39-,40-,41-,43?,47-,49-;/m0./s1. The number of aliphatic hydroxyl groups is 1. The summed E-state index contributed by atoms with van der Waals surface area (Å²) in [6.07, 6.45) is -1.88. The van der Waals surface area contributed by atoms with Crippen molar-refractivity contribution in [2.24, 2.45) is 28.5 Å². The van der Waals surface area contributed by atoms with Crippen LogP contribution < -0.4 is 43.8 Å². The highest BCUT2D eigenvalue weighted by Crippen LogP contribution is 2.40. The third kappa shape index (κ3) is 25.8. The van der Waals surface area contributed by atoms with E-state index in [9.17, 15) is 75.7 Å². The number of primary amides is 1. The lowest BCUT2D eigenvalue weighted by atomic mass is 9.81. The average molecular weight is 1330 g/mol. The summed E-state index contributed by atoms with van der Waals surface area (Å²) in [4.78, 5) is 139. The number of aromatic nitrogens is 2. The monoisotopic (exact) mass is 1330 g/mol. The number of unbranched alkanes of at least 4 members (excludes halogenated alkanes) is 3. The first-order valence-corrected chi connectivity index (χ1v) is 30.5. The van der Waals surface area contributed by atoms with Crippen LogP contribution in [0.4, 0.5) is 26.7 Å². The summed E-state index contributed by atoms with van der Waals surface area (Å²) in [6, 6.07) is 4.31. The maximum atomic E-state index is 15.2. The summed E-state index contributed by atoms with van der Waals surface area (Å²) >= 11 is 1.01. The van der Waals surface area contributed by atoms with Crippen LogP contribution in [0.2, 0.25) is 0 Å². The molecular formula is C59H83F5N12O15S. The van der Waals surface area contributed by atoms with E-state index >= 15 is 4.39 Å². The number of benzene rings is 2. The Kier molecular flexibility index (Phi) is 31.6. The molecule has 7 atom stereocenters. The zero-order valence-corrected chi connectivity index (χ0v) is 52.5. The number of carbonyl (C=O) groups excluding carboxylic acids is 8. The molecule has 3 aromatic rings. The van der Waals surface area contributed by atoms with Gasteiger partial charge in [-0.15, -0.1) is 11.8 Å². The van der Waals surface area contributed by atoms with E-state index in [1.165, 1.54) is 9.58 Å². The van der Waals surface area contributed by atoms with E-state index in [1.54, 1.807) is 20.0 Å². The number of urea groups is 1. The van der Waals surface area contributed by atoms with Gasteiger partial charge in [0, 0.05) is 69.0 Å². The lowest BCUT2D eigenvalue weighted by Gasteiger charge is -2.40. The molecule has 27 nitrogen and oxygen atoms in total. The van der Waals surface area contributed by atoms with Crippen LogP contribution in [0.25, 0.3) is 5.69 Å². The van der Waals surface area contributed by atoms with E-state index in [2.05, 4.69) is 26.6 Å². The molecule has 0 saturated carbocycles. The number of hydrogen-bond acceptors (Lipinski definition) is 16. The molecule has 1 fully saturated rings. The molecule has 2 heterocycles. The van der Waals surface area contributed by atoms with Crippen molar-refractivity contribution in [3.8, 4) is 5.69 Å². The summed E-state index contributed by atoms with van der Waals surface area (Å²) in [5.74, 6) is -11.5. The van der Waals surface area contributed by atoms with Crippen LogP contribution in [0.15, 0.2) is 54.7 Å². The largest absolute Gasteiger partial charge is 0.490 e. The van der Waals surface area contributed by atoms with E-state index in [4.69, 9.17) is 37.3 Å². The van der Waals surface area contributed by atoms with Crippen LogP contribution in [0.1, 0.15) is 128 Å². The molecule has 1 aromatic heterocycles. The van der Waals surface area contributed by atoms with Gasteiger partial charge in [0.05, 0.1) is 23.0 Å². The first-order chi connectivity index (χ1) is 43.1. The highest BCUT2D eigenvalue weighted by atomic mass is 32.2. The third-order valence-corrected chi connectivity index (χ3v) is 15.6. The molecule has 1 aliphatic rings. The van der Waals surface area contributed by atoms with Crippen molar-refractivity contribution in [2.45, 2.75) is 159 Å². The number of carbonyl (C=O) groups is 11. The number of aliphatic hydroxyl groups excluding tert-OH is 1. The molecule has 9 amide bonds. The average Bonchev–Trinajstić information content (AvgIpc) is 1.59. The van der Waals surface area contributed by atoms with Gasteiger partial charge in [0.15, 0.2) is 0 Å². The number of thioether (sulfide) groups is 1. The Morgan fingerprint density at radius 1 is 0.772 bits per heavy atom. The van der Waals surface area contributed by atoms with Crippen LogP contribution >= 0.6 is 11.8 Å². The summed E-state index contributed by atoms with van der Waals surface area (Å²) in [6.45, 7) is 8.00. The van der Waals surface area contributed by atoms with Crippen molar-refractivity contribution in [3.05, 3.63) is 83.2 Å². The van der Waals surface area contributed by atoms with Crippen molar-refractivity contribution in [1.82, 2.24) is 46.2 Å². The number of hydrogen-bond donors (Lipinski definition) is 12. The molecule has 0 aliphatic carbocycles. The molecule has 2 aromatic carbocycles. The molecule has 15 N–H and O–H groups in total. The van der Waals surface area contributed by atoms with E-state index < -0.39 is 137 Å². The lowest BCUT2D eigenvalue weighted by Crippen LogP contribution is -2.57. The molecule has 0 radical (unpaired) electrons. The van der Waals surface area contributed by atoms with Gasteiger partial charge in [-0.05, 0) is 80.4 Å². The summed E-state index contributed by atoms with van der Waals surface area (Å²) < 4.78 is 62.5. The minimum absolute atomic E-state index is 0.0133. The molecular weight excluding hydrogens is 1240 g/mol. The molecule has 510 valence electrons. The Morgan fingerprint density at radius 2 is 1.40 bits per heavy atom. The third-order valence-electron chi connectivity index (χ3n) is 14.3. The zero-order valence-electron chi connectivity index (χ0n) is 51.6. The second-order valence-electron chi connectivity index (χ2n) is 23.1. The van der Waals surface area contributed by atoms with Gasteiger partial charge < -0.3 is 69.1 Å². The number of aliphatic carboxylic acids is 3. The van der Waals surface area contributed by atoms with Crippen LogP contribution in [0, 0.1) is 23.0 Å². The number of halogens is 5. The molecule has 1 unspecified atom stereocenters. The summed E-state index contributed by atoms with van der Waals surface area (Å²) in [5.41, 5.74) is 17.9. The van der Waals surface area contributed by atoms with Crippen LogP contribution in [-0.4, -0.2) is 185 Å². The van der Waals surface area contributed by atoms with Gasteiger partial charge in [-0.2, -0.15) is 18.3 Å². The fourth-order valence-corrected chi connectivity index (χ4v) is 10.6. The van der Waals surface area contributed by atoms with Gasteiger partial charge in [-0.25, -0.2) is 27.8 Å². The molecule has 0 spiro atoms. The van der Waals surface area contributed by atoms with Crippen molar-refractivity contribution in [3.63, 3.8) is 0 Å². The summed E-state index contributed by atoms with van der Waals surface area (Å²) in [7, 11) is 0. The molecule has 1 saturated heterocycles. The predicted molar refractivity (Wildman–Crippen MR) is 324 cm³/mol. The quantitative estimate of drug-likeness (QED) is 0.0226. The Balaban J connectivity index is 0.00000297. The maximum absolute atomic E-state index is 15.2. The van der Waals surface area contributed by atoms with Crippen LogP contribution in [0.3, 0.4) is 0 Å². The van der Waals surface area contributed by atoms with Gasteiger partial charge in [0.1, 0.15) is 48.1 Å². The van der Waals surface area contributed by atoms with Gasteiger partial charge in [0.2, 0.25) is 41.4 Å². The number of nitrogens with two attached hydrogens (primary N) is 3. The number of likely N-dealkylation sites (tertiary alicyclic amines) is 1. The number of alkyl halides is 3. The Labute approximate surface area is 531 Å². The highest BCUT2D eigenvalue weighted by molar-refractivity contribution is 8.00. The fourth-order valence-electron chi connectivity index (χ4n) is 9.53. The number of carboxylic acid groups (broad SMARTS) is 3. The second-order valence-corrected chi connectivity index (χ2v) is 24.3. The maximum Gasteiger partial charge on any atom is 0.490 e. The van der Waals surface area contributed by atoms with Crippen molar-refractivity contribution >= 4 is 77.1 Å². The first-order valence-electron chi connectivity index (χ1n) is 29.5. The topological polar surface area (TPSA) is 431 Å². The van der Waals surface area contributed by atoms with E-state index in [0.29, 0.717) is 36.9 Å². The Hall–Kier alpha value is -8.30. The second kappa shape index (κ2) is 37.3. The minimum Gasteiger partial charge on any atom is -0.480 e. The van der Waals surface area contributed by atoms with Gasteiger partial charge in [-0.1, -0.05) is 71.4 Å². The van der Waals surface area contributed by atoms with Crippen molar-refractivity contribution < 1.29 is 95.1 Å². The highest BCUT2D eigenvalue weighted by Gasteiger charge is 2.41. The normalized spacial score (nSPS) is 15.2. The number of carboxylic acids is 3.